The number of methoxy groups -OCH3 is 2. The second-order valence-electron chi connectivity index (χ2n) is 8.41. The van der Waals surface area contributed by atoms with Crippen LogP contribution in [0.3, 0.4) is 0 Å². The van der Waals surface area contributed by atoms with Crippen molar-refractivity contribution >= 4 is 29.3 Å². The maximum atomic E-state index is 14.2. The van der Waals surface area contributed by atoms with E-state index in [1.54, 1.807) is 18.2 Å². The Labute approximate surface area is 213 Å². The molecule has 3 aromatic carbocycles. The normalized spacial score (nSPS) is 13.4. The van der Waals surface area contributed by atoms with Gasteiger partial charge in [0.25, 0.3) is 0 Å². The van der Waals surface area contributed by atoms with Crippen LogP contribution >= 0.6 is 0 Å². The van der Waals surface area contributed by atoms with Crippen molar-refractivity contribution in [2.75, 3.05) is 14.2 Å². The Morgan fingerprint density at radius 3 is 2.27 bits per heavy atom. The number of carbonyl (C=O) groups is 2. The van der Waals surface area contributed by atoms with Crippen molar-refractivity contribution in [2.45, 2.75) is 19.9 Å². The van der Waals surface area contributed by atoms with Gasteiger partial charge in [-0.1, -0.05) is 36.4 Å². The topological polar surface area (TPSA) is 94.1 Å². The van der Waals surface area contributed by atoms with Crippen molar-refractivity contribution in [3.63, 3.8) is 0 Å². The first-order valence-corrected chi connectivity index (χ1v) is 11.5. The predicted octanol–water partition coefficient (Wildman–Crippen LogP) is 5.93. The van der Waals surface area contributed by atoms with E-state index in [1.807, 2.05) is 43.3 Å². The van der Waals surface area contributed by atoms with Crippen LogP contribution in [0.1, 0.15) is 35.6 Å². The van der Waals surface area contributed by atoms with Crippen molar-refractivity contribution in [1.82, 2.24) is 5.32 Å². The number of fused-ring (bicyclic) bond motifs is 1. The lowest BCUT2D eigenvalue weighted by molar-refractivity contribution is -0.120. The van der Waals surface area contributed by atoms with Crippen molar-refractivity contribution in [2.24, 2.45) is 0 Å². The fraction of sp³-hybridized carbons (Fsp3) is 0.172. The third-order valence-electron chi connectivity index (χ3n) is 6.11. The monoisotopic (exact) mass is 503 g/mol. The minimum absolute atomic E-state index is 0.0587. The highest BCUT2D eigenvalue weighted by molar-refractivity contribution is 6.08. The Bertz CT molecular complexity index is 1390. The van der Waals surface area contributed by atoms with E-state index in [9.17, 15) is 14.0 Å². The fourth-order valence-electron chi connectivity index (χ4n) is 4.34. The summed E-state index contributed by atoms with van der Waals surface area (Å²) >= 11 is 0. The number of nitrogens with one attached hydrogen (secondary N) is 1. The van der Waals surface area contributed by atoms with E-state index in [1.165, 1.54) is 26.4 Å². The van der Waals surface area contributed by atoms with Gasteiger partial charge < -0.3 is 24.6 Å². The van der Waals surface area contributed by atoms with E-state index < -0.39 is 12.0 Å². The lowest BCUT2D eigenvalue weighted by Gasteiger charge is -2.13. The number of allylic oxidation sites excluding steroid dienone is 2. The average Bonchev–Trinajstić information content (AvgIpc) is 3.13. The van der Waals surface area contributed by atoms with E-state index in [0.717, 1.165) is 27.8 Å². The summed E-state index contributed by atoms with van der Waals surface area (Å²) in [5, 5.41) is 12.0. The van der Waals surface area contributed by atoms with Gasteiger partial charge in [0, 0.05) is 6.54 Å². The molecule has 0 unspecified atom stereocenters. The number of hydrogen-bond acceptors (Lipinski definition) is 5. The van der Waals surface area contributed by atoms with Crippen molar-refractivity contribution < 1.29 is 33.3 Å². The summed E-state index contributed by atoms with van der Waals surface area (Å²) < 4.78 is 29.7. The number of hydrogen-bond donors (Lipinski definition) is 2. The van der Waals surface area contributed by atoms with Crippen molar-refractivity contribution in [1.29, 1.82) is 0 Å². The standard InChI is InChI=1S/C29H26FNO6/c1-17-22(11-19-12-25(35-2)28(37-29(33)34)26(13-19)36-3)21-10-9-20(30)14-24(21)23(17)15-27(32)31-16-18-7-5-4-6-8-18/h4-14H,15-16H2,1-3H3,(H,31,32)(H,33,34)/b22-11-. The van der Waals surface area contributed by atoms with Crippen LogP contribution in [0.4, 0.5) is 9.18 Å². The number of rotatable bonds is 8. The first kappa shape index (κ1) is 25.5. The number of carbonyl (C=O) groups excluding carboxylic acids is 1. The molecule has 0 spiro atoms. The van der Waals surface area contributed by atoms with Gasteiger partial charge in [0.1, 0.15) is 5.82 Å². The molecule has 8 heteroatoms. The summed E-state index contributed by atoms with van der Waals surface area (Å²) in [6.45, 7) is 2.29. The molecule has 0 bridgehead atoms. The largest absolute Gasteiger partial charge is 0.511 e. The highest BCUT2D eigenvalue weighted by atomic mass is 19.1. The van der Waals surface area contributed by atoms with Crippen LogP contribution in [0, 0.1) is 5.82 Å². The predicted molar refractivity (Wildman–Crippen MR) is 138 cm³/mol. The number of halogens is 1. The molecule has 190 valence electrons. The third-order valence-corrected chi connectivity index (χ3v) is 6.11. The van der Waals surface area contributed by atoms with Crippen LogP contribution in [0.25, 0.3) is 17.2 Å². The minimum Gasteiger partial charge on any atom is -0.493 e. The van der Waals surface area contributed by atoms with E-state index >= 15 is 0 Å². The van der Waals surface area contributed by atoms with Gasteiger partial charge in [-0.05, 0) is 76.2 Å². The van der Waals surface area contributed by atoms with E-state index in [-0.39, 0.29) is 29.6 Å². The summed E-state index contributed by atoms with van der Waals surface area (Å²) in [7, 11) is 2.79. The van der Waals surface area contributed by atoms with Gasteiger partial charge in [0.05, 0.1) is 20.6 Å². The van der Waals surface area contributed by atoms with Gasteiger partial charge in [-0.3, -0.25) is 4.79 Å². The molecule has 0 aromatic heterocycles. The molecule has 2 N–H and O–H groups in total. The van der Waals surface area contributed by atoms with Crippen LogP contribution in [-0.4, -0.2) is 31.4 Å². The van der Waals surface area contributed by atoms with Gasteiger partial charge in [0.2, 0.25) is 11.7 Å². The maximum Gasteiger partial charge on any atom is 0.511 e. The highest BCUT2D eigenvalue weighted by Crippen LogP contribution is 2.45. The lowest BCUT2D eigenvalue weighted by Crippen LogP contribution is -2.22. The Morgan fingerprint density at radius 1 is 0.973 bits per heavy atom. The highest BCUT2D eigenvalue weighted by Gasteiger charge is 2.26. The molecule has 0 atom stereocenters. The Hall–Kier alpha value is -4.59. The molecular formula is C29H26FNO6. The molecular weight excluding hydrogens is 477 g/mol. The van der Waals surface area contributed by atoms with E-state index in [0.29, 0.717) is 17.7 Å². The van der Waals surface area contributed by atoms with E-state index in [2.05, 4.69) is 5.32 Å². The molecule has 0 heterocycles. The lowest BCUT2D eigenvalue weighted by atomic mass is 10.00. The summed E-state index contributed by atoms with van der Waals surface area (Å²) in [5.41, 5.74) is 5.44. The molecule has 0 saturated carbocycles. The summed E-state index contributed by atoms with van der Waals surface area (Å²) in [4.78, 5) is 23.9. The number of carboxylic acid groups (broad SMARTS) is 1. The fourth-order valence-corrected chi connectivity index (χ4v) is 4.34. The summed E-state index contributed by atoms with van der Waals surface area (Å²) in [6.07, 6.45) is 0.449. The minimum atomic E-state index is -1.50. The van der Waals surface area contributed by atoms with Crippen molar-refractivity contribution in [3.05, 3.63) is 94.3 Å². The van der Waals surface area contributed by atoms with Gasteiger partial charge in [-0.15, -0.1) is 0 Å². The second kappa shape index (κ2) is 11.0. The van der Waals surface area contributed by atoms with E-state index in [4.69, 9.17) is 19.3 Å². The quantitative estimate of drug-likeness (QED) is 0.292. The molecule has 7 nitrogen and oxygen atoms in total. The molecule has 1 amide bonds. The van der Waals surface area contributed by atoms with Gasteiger partial charge >= 0.3 is 6.16 Å². The van der Waals surface area contributed by atoms with Crippen LogP contribution in [0.15, 0.2) is 66.2 Å². The number of amides is 1. The zero-order chi connectivity index (χ0) is 26.5. The molecule has 1 aliphatic rings. The Kier molecular flexibility index (Phi) is 7.57. The first-order chi connectivity index (χ1) is 17.8. The van der Waals surface area contributed by atoms with Gasteiger partial charge in [0.15, 0.2) is 11.5 Å². The summed E-state index contributed by atoms with van der Waals surface area (Å²) in [5.74, 6) is -0.278. The van der Waals surface area contributed by atoms with Crippen molar-refractivity contribution in [3.8, 4) is 17.2 Å². The zero-order valence-corrected chi connectivity index (χ0v) is 20.6. The Balaban J connectivity index is 1.70. The third kappa shape index (κ3) is 5.64. The number of benzene rings is 3. The number of ether oxygens (including phenoxy) is 3. The molecule has 0 saturated heterocycles. The van der Waals surface area contributed by atoms with Crippen LogP contribution < -0.4 is 19.5 Å². The first-order valence-electron chi connectivity index (χ1n) is 11.5. The van der Waals surface area contributed by atoms with Crippen LogP contribution in [-0.2, 0) is 11.3 Å². The molecule has 4 rings (SSSR count). The SMILES string of the molecule is COc1cc(/C=C2/C(C)=C(CC(=O)NCc3ccccc3)c3cc(F)ccc32)cc(OC)c1OC(=O)O. The van der Waals surface area contributed by atoms with Crippen LogP contribution in [0.5, 0.6) is 17.2 Å². The molecule has 3 aromatic rings. The zero-order valence-electron chi connectivity index (χ0n) is 20.6. The van der Waals surface area contributed by atoms with Crippen LogP contribution in [0.2, 0.25) is 0 Å². The Morgan fingerprint density at radius 2 is 1.65 bits per heavy atom. The molecule has 1 aliphatic carbocycles. The maximum absolute atomic E-state index is 14.2. The second-order valence-corrected chi connectivity index (χ2v) is 8.41. The van der Waals surface area contributed by atoms with Gasteiger partial charge in [-0.25, -0.2) is 9.18 Å². The smallest absolute Gasteiger partial charge is 0.493 e. The molecule has 0 fully saturated rings. The molecule has 0 aliphatic heterocycles. The molecule has 0 radical (unpaired) electrons. The van der Waals surface area contributed by atoms with Gasteiger partial charge in [-0.2, -0.15) is 0 Å². The molecule has 37 heavy (non-hydrogen) atoms. The average molecular weight is 504 g/mol. The summed E-state index contributed by atoms with van der Waals surface area (Å²) in [6, 6.07) is 17.3.